The van der Waals surface area contributed by atoms with Crippen molar-refractivity contribution in [3.8, 4) is 0 Å². The molecule has 1 saturated heterocycles. The van der Waals surface area contributed by atoms with Gasteiger partial charge in [-0.05, 0) is 56.1 Å². The van der Waals surface area contributed by atoms with Gasteiger partial charge in [0.1, 0.15) is 0 Å². The molecule has 0 amide bonds. The average Bonchev–Trinajstić information content (AvgIpc) is 2.82. The molecule has 1 aromatic rings. The predicted molar refractivity (Wildman–Crippen MR) is 81.7 cm³/mol. The smallest absolute Gasteiger partial charge is 0.0624 e. The molecule has 4 heteroatoms. The van der Waals surface area contributed by atoms with Crippen LogP contribution in [0.4, 0.5) is 0 Å². The van der Waals surface area contributed by atoms with Gasteiger partial charge in [0.2, 0.25) is 0 Å². The van der Waals surface area contributed by atoms with Crippen LogP contribution in [0.5, 0.6) is 0 Å². The molecule has 1 atom stereocenters. The quantitative estimate of drug-likeness (QED) is 0.872. The summed E-state index contributed by atoms with van der Waals surface area (Å²) in [5.74, 6) is 3.26. The van der Waals surface area contributed by atoms with Crippen LogP contribution in [0.3, 0.4) is 0 Å². The minimum absolute atomic E-state index is 0.209. The van der Waals surface area contributed by atoms with Crippen LogP contribution >= 0.6 is 11.8 Å². The third-order valence-electron chi connectivity index (χ3n) is 3.97. The minimum Gasteiger partial charge on any atom is -0.393 e. The first kappa shape index (κ1) is 14.9. The number of rotatable bonds is 6. The van der Waals surface area contributed by atoms with E-state index in [1.54, 1.807) is 0 Å². The monoisotopic (exact) mass is 282 g/mol. The fourth-order valence-corrected chi connectivity index (χ4v) is 4.02. The molecule has 1 aromatic heterocycles. The van der Waals surface area contributed by atoms with Gasteiger partial charge in [0.15, 0.2) is 0 Å². The Morgan fingerprint density at radius 1 is 1.42 bits per heavy atom. The van der Waals surface area contributed by atoms with E-state index in [0.717, 1.165) is 37.4 Å². The van der Waals surface area contributed by atoms with Gasteiger partial charge in [-0.3, -0.25) is 4.68 Å². The Labute approximate surface area is 120 Å². The number of nitrogens with zero attached hydrogens (tertiary/aromatic N) is 2. The summed E-state index contributed by atoms with van der Waals surface area (Å²) in [5, 5.41) is 14.9. The molecule has 0 aromatic carbocycles. The van der Waals surface area contributed by atoms with Gasteiger partial charge in [-0.2, -0.15) is 16.9 Å². The van der Waals surface area contributed by atoms with E-state index < -0.39 is 0 Å². The van der Waals surface area contributed by atoms with Crippen molar-refractivity contribution in [2.45, 2.75) is 58.6 Å². The highest BCUT2D eigenvalue weighted by molar-refractivity contribution is 7.99. The number of hydrogen-bond donors (Lipinski definition) is 1. The molecule has 19 heavy (non-hydrogen) atoms. The predicted octanol–water partition coefficient (Wildman–Crippen LogP) is 2.90. The summed E-state index contributed by atoms with van der Waals surface area (Å²) in [7, 11) is 0. The summed E-state index contributed by atoms with van der Waals surface area (Å²) < 4.78 is 2.04. The van der Waals surface area contributed by atoms with E-state index in [1.165, 1.54) is 30.0 Å². The van der Waals surface area contributed by atoms with E-state index in [0.29, 0.717) is 0 Å². The summed E-state index contributed by atoms with van der Waals surface area (Å²) >= 11 is 2.05. The third kappa shape index (κ3) is 4.25. The standard InChI is InChI=1S/C15H26N2OS/c1-3-13-10-14(17(4-2)16-13)11-15(18)9-12-5-7-19-8-6-12/h10,12,15,18H,3-9,11H2,1-2H3. The maximum absolute atomic E-state index is 10.3. The minimum atomic E-state index is -0.209. The fraction of sp³-hybridized carbons (Fsp3) is 0.800. The van der Waals surface area contributed by atoms with Gasteiger partial charge in [0, 0.05) is 18.7 Å². The molecule has 108 valence electrons. The summed E-state index contributed by atoms with van der Waals surface area (Å²) in [6.45, 7) is 5.13. The Balaban J connectivity index is 1.90. The molecule has 0 saturated carbocycles. The lowest BCUT2D eigenvalue weighted by Gasteiger charge is -2.23. The zero-order valence-corrected chi connectivity index (χ0v) is 13.0. The van der Waals surface area contributed by atoms with Crippen molar-refractivity contribution in [3.05, 3.63) is 17.5 Å². The van der Waals surface area contributed by atoms with Crippen LogP contribution in [0, 0.1) is 5.92 Å². The molecule has 0 aliphatic carbocycles. The molecular weight excluding hydrogens is 256 g/mol. The van der Waals surface area contributed by atoms with Crippen LogP contribution in [-0.2, 0) is 19.4 Å². The number of thioether (sulfide) groups is 1. The number of aryl methyl sites for hydroxylation is 2. The lowest BCUT2D eigenvalue weighted by Crippen LogP contribution is -2.21. The van der Waals surface area contributed by atoms with Crippen molar-refractivity contribution in [1.82, 2.24) is 9.78 Å². The van der Waals surface area contributed by atoms with Crippen LogP contribution < -0.4 is 0 Å². The van der Waals surface area contributed by atoms with Gasteiger partial charge in [-0.15, -0.1) is 0 Å². The van der Waals surface area contributed by atoms with Crippen LogP contribution in [0.25, 0.3) is 0 Å². The van der Waals surface area contributed by atoms with E-state index in [1.807, 2.05) is 16.4 Å². The van der Waals surface area contributed by atoms with Crippen molar-refractivity contribution in [1.29, 1.82) is 0 Å². The van der Waals surface area contributed by atoms with E-state index in [9.17, 15) is 5.11 Å². The number of hydrogen-bond acceptors (Lipinski definition) is 3. The molecule has 1 aliphatic rings. The topological polar surface area (TPSA) is 38.0 Å². The van der Waals surface area contributed by atoms with Crippen molar-refractivity contribution in [2.24, 2.45) is 5.92 Å². The molecule has 1 N–H and O–H groups in total. The van der Waals surface area contributed by atoms with Crippen LogP contribution in [0.2, 0.25) is 0 Å². The Morgan fingerprint density at radius 3 is 2.79 bits per heavy atom. The van der Waals surface area contributed by atoms with Gasteiger partial charge in [-0.1, -0.05) is 6.92 Å². The lowest BCUT2D eigenvalue weighted by molar-refractivity contribution is 0.137. The molecule has 0 bridgehead atoms. The average molecular weight is 282 g/mol. The second-order valence-electron chi connectivity index (χ2n) is 5.45. The van der Waals surface area contributed by atoms with Gasteiger partial charge in [-0.25, -0.2) is 0 Å². The van der Waals surface area contributed by atoms with E-state index >= 15 is 0 Å². The Hall–Kier alpha value is -0.480. The maximum Gasteiger partial charge on any atom is 0.0624 e. The van der Waals surface area contributed by atoms with Crippen molar-refractivity contribution in [2.75, 3.05) is 11.5 Å². The van der Waals surface area contributed by atoms with Crippen molar-refractivity contribution in [3.63, 3.8) is 0 Å². The molecule has 1 fully saturated rings. The summed E-state index contributed by atoms with van der Waals surface area (Å²) in [6, 6.07) is 2.16. The zero-order chi connectivity index (χ0) is 13.7. The van der Waals surface area contributed by atoms with Crippen LogP contribution in [0.15, 0.2) is 6.07 Å². The summed E-state index contributed by atoms with van der Waals surface area (Å²) in [4.78, 5) is 0. The number of aliphatic hydroxyl groups is 1. The highest BCUT2D eigenvalue weighted by Crippen LogP contribution is 2.27. The van der Waals surface area contributed by atoms with Gasteiger partial charge in [0.05, 0.1) is 11.8 Å². The van der Waals surface area contributed by atoms with Gasteiger partial charge in [0.25, 0.3) is 0 Å². The largest absolute Gasteiger partial charge is 0.393 e. The molecule has 3 nitrogen and oxygen atoms in total. The first-order valence-electron chi connectivity index (χ1n) is 7.54. The maximum atomic E-state index is 10.3. The van der Waals surface area contributed by atoms with Crippen molar-refractivity contribution >= 4 is 11.8 Å². The summed E-state index contributed by atoms with van der Waals surface area (Å²) in [5.41, 5.74) is 2.33. The molecule has 2 rings (SSSR count). The second-order valence-corrected chi connectivity index (χ2v) is 6.67. The number of aromatic nitrogens is 2. The first-order chi connectivity index (χ1) is 9.22. The van der Waals surface area contributed by atoms with E-state index in [2.05, 4.69) is 25.0 Å². The van der Waals surface area contributed by atoms with Crippen LogP contribution in [0.1, 0.15) is 44.5 Å². The first-order valence-corrected chi connectivity index (χ1v) is 8.69. The van der Waals surface area contributed by atoms with Gasteiger partial charge >= 0.3 is 0 Å². The van der Waals surface area contributed by atoms with Crippen molar-refractivity contribution < 1.29 is 5.11 Å². The molecule has 1 unspecified atom stereocenters. The van der Waals surface area contributed by atoms with E-state index in [-0.39, 0.29) is 6.10 Å². The lowest BCUT2D eigenvalue weighted by atomic mass is 9.94. The van der Waals surface area contributed by atoms with Gasteiger partial charge < -0.3 is 5.11 Å². The molecule has 2 heterocycles. The van der Waals surface area contributed by atoms with E-state index in [4.69, 9.17) is 0 Å². The number of aliphatic hydroxyl groups excluding tert-OH is 1. The highest BCUT2D eigenvalue weighted by atomic mass is 32.2. The molecule has 0 radical (unpaired) electrons. The Kier molecular flexibility index (Phi) is 5.76. The fourth-order valence-electron chi connectivity index (χ4n) is 2.82. The second kappa shape index (κ2) is 7.34. The third-order valence-corrected chi connectivity index (χ3v) is 5.02. The molecular formula is C15H26N2OS. The zero-order valence-electron chi connectivity index (χ0n) is 12.1. The molecule has 0 spiro atoms. The normalized spacial score (nSPS) is 18.7. The van der Waals surface area contributed by atoms with Crippen LogP contribution in [-0.4, -0.2) is 32.5 Å². The highest BCUT2D eigenvalue weighted by Gasteiger charge is 2.19. The molecule has 1 aliphatic heterocycles. The Morgan fingerprint density at radius 2 is 2.16 bits per heavy atom. The SMILES string of the molecule is CCc1cc(CC(O)CC2CCSCC2)n(CC)n1. The summed E-state index contributed by atoms with van der Waals surface area (Å²) in [6.07, 6.45) is 5.01. The Bertz CT molecular complexity index is 385.